The van der Waals surface area contributed by atoms with Crippen molar-refractivity contribution in [3.8, 4) is 0 Å². The Morgan fingerprint density at radius 2 is 1.33 bits per heavy atom. The van der Waals surface area contributed by atoms with Crippen LogP contribution in [0.5, 0.6) is 0 Å². The first-order valence-electron chi connectivity index (χ1n) is 7.32. The van der Waals surface area contributed by atoms with Gasteiger partial charge in [-0.1, -0.05) is 60.7 Å². The van der Waals surface area contributed by atoms with E-state index in [0.717, 1.165) is 0 Å². The van der Waals surface area contributed by atoms with Crippen LogP contribution in [-0.2, 0) is 4.79 Å². The highest BCUT2D eigenvalue weighted by Crippen LogP contribution is 2.20. The van der Waals surface area contributed by atoms with Gasteiger partial charge in [0.15, 0.2) is 11.6 Å². The predicted molar refractivity (Wildman–Crippen MR) is 88.4 cm³/mol. The van der Waals surface area contributed by atoms with Gasteiger partial charge in [-0.05, 0) is 0 Å². The highest BCUT2D eigenvalue weighted by atomic mass is 16.4. The van der Waals surface area contributed by atoms with Crippen LogP contribution >= 0.6 is 0 Å². The molecule has 0 amide bonds. The van der Waals surface area contributed by atoms with Gasteiger partial charge in [-0.2, -0.15) is 0 Å². The first-order chi connectivity index (χ1) is 11.3. The first kappa shape index (κ1) is 17.5. The molecule has 2 aromatic carbocycles. The lowest BCUT2D eigenvalue weighted by Crippen LogP contribution is -2.58. The molecule has 6 heteroatoms. The zero-order chi connectivity index (χ0) is 17.7. The Morgan fingerprint density at radius 3 is 1.79 bits per heavy atom. The minimum atomic E-state index is -1.96. The van der Waals surface area contributed by atoms with E-state index >= 15 is 0 Å². The van der Waals surface area contributed by atoms with Crippen LogP contribution in [0.2, 0.25) is 0 Å². The molecule has 1 atom stereocenters. The molecule has 0 radical (unpaired) electrons. The second-order valence-corrected chi connectivity index (χ2v) is 5.56. The summed E-state index contributed by atoms with van der Waals surface area (Å²) in [7, 11) is 0. The SMILES string of the molecule is NC(N)(CC(C(=O)O)C(=O)c1ccccc1)C(=O)c1ccccc1. The van der Waals surface area contributed by atoms with Crippen molar-refractivity contribution in [2.45, 2.75) is 12.1 Å². The third kappa shape index (κ3) is 3.92. The Bertz CT molecular complexity index is 742. The normalized spacial score (nSPS) is 12.4. The van der Waals surface area contributed by atoms with Gasteiger partial charge in [0, 0.05) is 17.5 Å². The van der Waals surface area contributed by atoms with Gasteiger partial charge < -0.3 is 16.6 Å². The molecule has 0 aliphatic heterocycles. The van der Waals surface area contributed by atoms with Crippen molar-refractivity contribution in [2.75, 3.05) is 0 Å². The Morgan fingerprint density at radius 1 is 0.875 bits per heavy atom. The van der Waals surface area contributed by atoms with Crippen LogP contribution in [0, 0.1) is 5.92 Å². The Labute approximate surface area is 139 Å². The third-order valence-electron chi connectivity index (χ3n) is 3.67. The largest absolute Gasteiger partial charge is 0.481 e. The number of nitrogens with two attached hydrogens (primary N) is 2. The van der Waals surface area contributed by atoms with E-state index in [1.54, 1.807) is 36.4 Å². The molecule has 6 nitrogen and oxygen atoms in total. The minimum absolute atomic E-state index is 0.230. The predicted octanol–water partition coefficient (Wildman–Crippen LogP) is 1.46. The molecule has 0 aliphatic carbocycles. The molecule has 124 valence electrons. The van der Waals surface area contributed by atoms with Gasteiger partial charge in [-0.3, -0.25) is 14.4 Å². The first-order valence-corrected chi connectivity index (χ1v) is 7.32. The Hall–Kier alpha value is -2.83. The molecular weight excluding hydrogens is 308 g/mol. The van der Waals surface area contributed by atoms with Crippen molar-refractivity contribution in [1.29, 1.82) is 0 Å². The minimum Gasteiger partial charge on any atom is -0.481 e. The van der Waals surface area contributed by atoms with E-state index in [-0.39, 0.29) is 11.1 Å². The number of benzene rings is 2. The van der Waals surface area contributed by atoms with Gasteiger partial charge in [0.05, 0.1) is 0 Å². The summed E-state index contributed by atoms with van der Waals surface area (Å²) in [6, 6.07) is 16.1. The second kappa shape index (κ2) is 7.16. The van der Waals surface area contributed by atoms with E-state index in [2.05, 4.69) is 0 Å². The summed E-state index contributed by atoms with van der Waals surface area (Å²) in [5.41, 5.74) is 10.2. The number of aliphatic carboxylic acids is 1. The van der Waals surface area contributed by atoms with Crippen LogP contribution in [0.25, 0.3) is 0 Å². The number of carboxylic acids is 1. The maximum absolute atomic E-state index is 12.4. The summed E-state index contributed by atoms with van der Waals surface area (Å²) in [6.07, 6.45) is -0.496. The number of carboxylic acid groups (broad SMARTS) is 1. The molecule has 1 unspecified atom stereocenters. The highest BCUT2D eigenvalue weighted by Gasteiger charge is 2.39. The molecule has 2 aromatic rings. The maximum Gasteiger partial charge on any atom is 0.314 e. The molecule has 2 rings (SSSR count). The maximum atomic E-state index is 12.4. The lowest BCUT2D eigenvalue weighted by Gasteiger charge is -2.26. The quantitative estimate of drug-likeness (QED) is 0.402. The van der Waals surface area contributed by atoms with E-state index < -0.39 is 35.5 Å². The van der Waals surface area contributed by atoms with E-state index in [9.17, 15) is 19.5 Å². The molecule has 0 saturated heterocycles. The van der Waals surface area contributed by atoms with Gasteiger partial charge >= 0.3 is 5.97 Å². The van der Waals surface area contributed by atoms with Crippen LogP contribution in [-0.4, -0.2) is 28.3 Å². The second-order valence-electron chi connectivity index (χ2n) is 5.56. The number of hydrogen-bond donors (Lipinski definition) is 3. The average molecular weight is 326 g/mol. The van der Waals surface area contributed by atoms with Gasteiger partial charge in [-0.25, -0.2) is 0 Å². The molecule has 0 saturated carbocycles. The summed E-state index contributed by atoms with van der Waals surface area (Å²) >= 11 is 0. The van der Waals surface area contributed by atoms with Crippen LogP contribution in [0.1, 0.15) is 27.1 Å². The molecule has 24 heavy (non-hydrogen) atoms. The Kier molecular flexibility index (Phi) is 5.23. The van der Waals surface area contributed by atoms with Crippen molar-refractivity contribution >= 4 is 17.5 Å². The molecule has 0 aromatic heterocycles. The van der Waals surface area contributed by atoms with Gasteiger partial charge in [-0.15, -0.1) is 0 Å². The molecule has 0 heterocycles. The lowest BCUT2D eigenvalue weighted by atomic mass is 9.85. The molecule has 0 fully saturated rings. The summed E-state index contributed by atoms with van der Waals surface area (Å²) in [6.45, 7) is 0. The summed E-state index contributed by atoms with van der Waals surface area (Å²) < 4.78 is 0. The van der Waals surface area contributed by atoms with Crippen molar-refractivity contribution in [3.05, 3.63) is 71.8 Å². The highest BCUT2D eigenvalue weighted by molar-refractivity contribution is 6.09. The molecular formula is C18H18N2O4. The summed E-state index contributed by atoms with van der Waals surface area (Å²) in [4.78, 5) is 36.4. The monoisotopic (exact) mass is 326 g/mol. The van der Waals surface area contributed by atoms with E-state index in [0.29, 0.717) is 0 Å². The zero-order valence-electron chi connectivity index (χ0n) is 12.9. The summed E-state index contributed by atoms with van der Waals surface area (Å²) in [5.74, 6) is -4.13. The smallest absolute Gasteiger partial charge is 0.314 e. The van der Waals surface area contributed by atoms with Crippen LogP contribution in [0.3, 0.4) is 0 Å². The molecule has 0 bridgehead atoms. The van der Waals surface area contributed by atoms with Crippen LogP contribution in [0.15, 0.2) is 60.7 Å². The van der Waals surface area contributed by atoms with E-state index in [4.69, 9.17) is 11.5 Å². The van der Waals surface area contributed by atoms with E-state index in [1.165, 1.54) is 24.3 Å². The van der Waals surface area contributed by atoms with Gasteiger partial charge in [0.1, 0.15) is 11.6 Å². The fourth-order valence-electron chi connectivity index (χ4n) is 2.38. The summed E-state index contributed by atoms with van der Waals surface area (Å²) in [5, 5.41) is 9.38. The molecule has 5 N–H and O–H groups in total. The number of carbonyl (C=O) groups excluding carboxylic acids is 2. The number of carbonyl (C=O) groups is 3. The van der Waals surface area contributed by atoms with E-state index in [1.807, 2.05) is 0 Å². The van der Waals surface area contributed by atoms with Crippen molar-refractivity contribution in [3.63, 3.8) is 0 Å². The molecule has 0 spiro atoms. The number of rotatable bonds is 7. The van der Waals surface area contributed by atoms with Crippen LogP contribution < -0.4 is 11.5 Å². The fraction of sp³-hybridized carbons (Fsp3) is 0.167. The average Bonchev–Trinajstić information content (AvgIpc) is 2.59. The van der Waals surface area contributed by atoms with Gasteiger partial charge in [0.2, 0.25) is 0 Å². The fourth-order valence-corrected chi connectivity index (χ4v) is 2.38. The van der Waals surface area contributed by atoms with Crippen molar-refractivity contribution < 1.29 is 19.5 Å². The standard InChI is InChI=1S/C18H18N2O4/c19-18(20,16(22)13-9-5-2-6-10-13)11-14(17(23)24)15(21)12-7-3-1-4-8-12/h1-10,14H,11,19-20H2,(H,23,24). The number of hydrogen-bond acceptors (Lipinski definition) is 5. The lowest BCUT2D eigenvalue weighted by molar-refractivity contribution is -0.140. The van der Waals surface area contributed by atoms with Gasteiger partial charge in [0.25, 0.3) is 0 Å². The topological polar surface area (TPSA) is 123 Å². The number of Topliss-reactive ketones (excluding diaryl/α,β-unsaturated/α-hetero) is 2. The van der Waals surface area contributed by atoms with Crippen molar-refractivity contribution in [2.24, 2.45) is 17.4 Å². The molecule has 0 aliphatic rings. The zero-order valence-corrected chi connectivity index (χ0v) is 12.9. The Balaban J connectivity index is 2.25. The third-order valence-corrected chi connectivity index (χ3v) is 3.67. The number of ketones is 2. The van der Waals surface area contributed by atoms with Crippen LogP contribution in [0.4, 0.5) is 0 Å². The van der Waals surface area contributed by atoms with Crippen molar-refractivity contribution in [1.82, 2.24) is 0 Å².